The van der Waals surface area contributed by atoms with Gasteiger partial charge >= 0.3 is 6.09 Å². The first kappa shape index (κ1) is 14.7. The highest BCUT2D eigenvalue weighted by Crippen LogP contribution is 2.30. The summed E-state index contributed by atoms with van der Waals surface area (Å²) in [7, 11) is 1.53. The Kier molecular flexibility index (Phi) is 5.55. The van der Waals surface area contributed by atoms with Crippen LogP contribution in [0.5, 0.6) is 11.5 Å². The number of carbonyl (C=O) groups excluding carboxylic acids is 1. The Bertz CT molecular complexity index is 479. The molecule has 19 heavy (non-hydrogen) atoms. The molecule has 0 aliphatic heterocycles. The second-order valence-corrected chi connectivity index (χ2v) is 3.64. The molecule has 1 amide bonds. The molecule has 1 N–H and O–H groups in total. The van der Waals surface area contributed by atoms with E-state index >= 15 is 0 Å². The molecule has 1 aromatic rings. The first-order valence-electron chi connectivity index (χ1n) is 5.85. The minimum Gasteiger partial charge on any atom is -0.493 e. The van der Waals surface area contributed by atoms with Crippen LogP contribution in [0.3, 0.4) is 0 Å². The Labute approximate surface area is 112 Å². The van der Waals surface area contributed by atoms with Crippen molar-refractivity contribution in [1.29, 1.82) is 0 Å². The van der Waals surface area contributed by atoms with Crippen LogP contribution in [0, 0.1) is 12.3 Å². The molecule has 0 bridgehead atoms. The van der Waals surface area contributed by atoms with Crippen molar-refractivity contribution in [1.82, 2.24) is 0 Å². The number of hydrogen-bond donors (Lipinski definition) is 1. The number of ether oxygens (including phenoxy) is 3. The van der Waals surface area contributed by atoms with E-state index in [0.717, 1.165) is 0 Å². The van der Waals surface area contributed by atoms with Crippen LogP contribution in [0.15, 0.2) is 18.2 Å². The topological polar surface area (TPSA) is 56.8 Å². The standard InChI is InChI=1S/C14H17NO4/c1-5-10(3)19-14(16)15-11-7-8-12(18-6-2)13(9-11)17-4/h1,7-10H,6H2,2-4H3,(H,15,16). The summed E-state index contributed by atoms with van der Waals surface area (Å²) in [6, 6.07) is 5.05. The van der Waals surface area contributed by atoms with Crippen molar-refractivity contribution in [2.24, 2.45) is 0 Å². The molecular weight excluding hydrogens is 246 g/mol. The number of amides is 1. The SMILES string of the molecule is C#CC(C)OC(=O)Nc1ccc(OCC)c(OC)c1. The maximum atomic E-state index is 11.5. The average Bonchev–Trinajstić information content (AvgIpc) is 2.40. The van der Waals surface area contributed by atoms with Crippen LogP contribution in [-0.4, -0.2) is 25.9 Å². The molecule has 0 aromatic heterocycles. The minimum atomic E-state index is -0.614. The van der Waals surface area contributed by atoms with Gasteiger partial charge in [-0.3, -0.25) is 5.32 Å². The molecule has 1 atom stereocenters. The predicted octanol–water partition coefficient (Wildman–Crippen LogP) is 2.66. The fourth-order valence-corrected chi connectivity index (χ4v) is 1.36. The lowest BCUT2D eigenvalue weighted by molar-refractivity contribution is 0.145. The molecule has 5 nitrogen and oxygen atoms in total. The quantitative estimate of drug-likeness (QED) is 0.830. The number of methoxy groups -OCH3 is 1. The smallest absolute Gasteiger partial charge is 0.412 e. The van der Waals surface area contributed by atoms with Crippen molar-refractivity contribution in [3.8, 4) is 23.8 Å². The maximum Gasteiger partial charge on any atom is 0.412 e. The largest absolute Gasteiger partial charge is 0.493 e. The Morgan fingerprint density at radius 1 is 1.47 bits per heavy atom. The zero-order chi connectivity index (χ0) is 14.3. The summed E-state index contributed by atoms with van der Waals surface area (Å²) < 4.78 is 15.4. The van der Waals surface area contributed by atoms with Gasteiger partial charge in [-0.05, 0) is 26.0 Å². The van der Waals surface area contributed by atoms with Gasteiger partial charge in [0.05, 0.1) is 13.7 Å². The monoisotopic (exact) mass is 263 g/mol. The van der Waals surface area contributed by atoms with Gasteiger partial charge in [-0.2, -0.15) is 0 Å². The molecule has 0 heterocycles. The van der Waals surface area contributed by atoms with Crippen molar-refractivity contribution in [2.45, 2.75) is 20.0 Å². The normalized spacial score (nSPS) is 11.1. The van der Waals surface area contributed by atoms with E-state index in [0.29, 0.717) is 23.8 Å². The van der Waals surface area contributed by atoms with E-state index in [1.165, 1.54) is 7.11 Å². The van der Waals surface area contributed by atoms with Gasteiger partial charge in [0.2, 0.25) is 0 Å². The third-order valence-corrected chi connectivity index (χ3v) is 2.23. The van der Waals surface area contributed by atoms with Gasteiger partial charge in [-0.15, -0.1) is 6.42 Å². The summed E-state index contributed by atoms with van der Waals surface area (Å²) in [5, 5.41) is 2.56. The molecule has 1 aromatic carbocycles. The number of anilines is 1. The number of carbonyl (C=O) groups is 1. The van der Waals surface area contributed by atoms with E-state index in [4.69, 9.17) is 20.6 Å². The summed E-state index contributed by atoms with van der Waals surface area (Å²) in [6.07, 6.45) is 3.93. The molecule has 0 saturated carbocycles. The molecule has 1 unspecified atom stereocenters. The average molecular weight is 263 g/mol. The van der Waals surface area contributed by atoms with E-state index < -0.39 is 12.2 Å². The van der Waals surface area contributed by atoms with E-state index in [-0.39, 0.29) is 0 Å². The first-order valence-corrected chi connectivity index (χ1v) is 5.85. The number of terminal acetylenes is 1. The van der Waals surface area contributed by atoms with Gasteiger partial charge in [-0.1, -0.05) is 5.92 Å². The van der Waals surface area contributed by atoms with Crippen LogP contribution in [0.4, 0.5) is 10.5 Å². The van der Waals surface area contributed by atoms with Crippen LogP contribution in [0.1, 0.15) is 13.8 Å². The van der Waals surface area contributed by atoms with Crippen LogP contribution in [0.2, 0.25) is 0 Å². The molecular formula is C14H17NO4. The van der Waals surface area contributed by atoms with Crippen molar-refractivity contribution in [2.75, 3.05) is 19.0 Å². The number of rotatable bonds is 5. The van der Waals surface area contributed by atoms with Gasteiger partial charge in [0.25, 0.3) is 0 Å². The summed E-state index contributed by atoms with van der Waals surface area (Å²) in [5.74, 6) is 3.45. The second-order valence-electron chi connectivity index (χ2n) is 3.64. The lowest BCUT2D eigenvalue weighted by Crippen LogP contribution is -2.18. The Hall–Kier alpha value is -2.35. The highest BCUT2D eigenvalue weighted by atomic mass is 16.6. The molecule has 5 heteroatoms. The fourth-order valence-electron chi connectivity index (χ4n) is 1.36. The van der Waals surface area contributed by atoms with Gasteiger partial charge in [0.1, 0.15) is 0 Å². The van der Waals surface area contributed by atoms with Gasteiger partial charge in [0.15, 0.2) is 17.6 Å². The summed E-state index contributed by atoms with van der Waals surface area (Å²) >= 11 is 0. The molecule has 0 radical (unpaired) electrons. The molecule has 102 valence electrons. The predicted molar refractivity (Wildman–Crippen MR) is 72.6 cm³/mol. The van der Waals surface area contributed by atoms with Crippen molar-refractivity contribution < 1.29 is 19.0 Å². The molecule has 0 aliphatic carbocycles. The molecule has 0 fully saturated rings. The maximum absolute atomic E-state index is 11.5. The van der Waals surface area contributed by atoms with Crippen molar-refractivity contribution in [3.63, 3.8) is 0 Å². The summed E-state index contributed by atoms with van der Waals surface area (Å²) in [4.78, 5) is 11.5. The highest BCUT2D eigenvalue weighted by molar-refractivity contribution is 5.85. The summed E-state index contributed by atoms with van der Waals surface area (Å²) in [6.45, 7) is 4.02. The van der Waals surface area contributed by atoms with Gasteiger partial charge in [-0.25, -0.2) is 4.79 Å². The minimum absolute atomic E-state index is 0.532. The van der Waals surface area contributed by atoms with E-state index in [1.807, 2.05) is 6.92 Å². The fraction of sp³-hybridized carbons (Fsp3) is 0.357. The number of benzene rings is 1. The van der Waals surface area contributed by atoms with Crippen molar-refractivity contribution >= 4 is 11.8 Å². The Balaban J connectivity index is 2.74. The Morgan fingerprint density at radius 2 is 2.21 bits per heavy atom. The van der Waals surface area contributed by atoms with Gasteiger partial charge in [0, 0.05) is 11.8 Å². The lowest BCUT2D eigenvalue weighted by Gasteiger charge is -2.12. The van der Waals surface area contributed by atoms with E-state index in [2.05, 4.69) is 11.2 Å². The number of nitrogens with one attached hydrogen (secondary N) is 1. The third kappa shape index (κ3) is 4.43. The van der Waals surface area contributed by atoms with Crippen LogP contribution >= 0.6 is 0 Å². The zero-order valence-electron chi connectivity index (χ0n) is 11.2. The van der Waals surface area contributed by atoms with E-state index in [1.54, 1.807) is 25.1 Å². The Morgan fingerprint density at radius 3 is 2.79 bits per heavy atom. The van der Waals surface area contributed by atoms with E-state index in [9.17, 15) is 4.79 Å². The lowest BCUT2D eigenvalue weighted by atomic mass is 10.3. The molecule has 0 spiro atoms. The van der Waals surface area contributed by atoms with Gasteiger partial charge < -0.3 is 14.2 Å². The van der Waals surface area contributed by atoms with Crippen LogP contribution in [0.25, 0.3) is 0 Å². The number of hydrogen-bond acceptors (Lipinski definition) is 4. The molecule has 0 aliphatic rings. The summed E-state index contributed by atoms with van der Waals surface area (Å²) in [5.41, 5.74) is 0.537. The van der Waals surface area contributed by atoms with Crippen LogP contribution < -0.4 is 14.8 Å². The first-order chi connectivity index (χ1) is 9.10. The van der Waals surface area contributed by atoms with Crippen LogP contribution in [-0.2, 0) is 4.74 Å². The molecule has 1 rings (SSSR count). The van der Waals surface area contributed by atoms with Crippen molar-refractivity contribution in [3.05, 3.63) is 18.2 Å². The second kappa shape index (κ2) is 7.17. The zero-order valence-corrected chi connectivity index (χ0v) is 11.2. The molecule has 0 saturated heterocycles. The third-order valence-electron chi connectivity index (χ3n) is 2.23. The highest BCUT2D eigenvalue weighted by Gasteiger charge is 2.10.